The Morgan fingerprint density at radius 2 is 0.466 bits per heavy atom. The van der Waals surface area contributed by atoms with Crippen LogP contribution in [-0.4, -0.2) is 47.5 Å². The molecule has 0 N–H and O–H groups in total. The van der Waals surface area contributed by atoms with Crippen LogP contribution in [0.4, 0.5) is 0 Å². The van der Waals surface area contributed by atoms with Crippen molar-refractivity contribution in [2.45, 2.75) is 66.2 Å². The Hall–Kier alpha value is -15.8. The second-order valence-electron chi connectivity index (χ2n) is 39.1. The first kappa shape index (κ1) is 78.2. The maximum atomic E-state index is 2.54. The largest absolute Gasteiger partial charge is 0.310 e. The van der Waals surface area contributed by atoms with Gasteiger partial charge in [-0.2, -0.15) is 0 Å². The van der Waals surface area contributed by atoms with Gasteiger partial charge < -0.3 is 27.4 Å². The molecule has 9 heterocycles. The Labute approximate surface area is 774 Å². The lowest BCUT2D eigenvalue weighted by molar-refractivity contribution is 0.590. The molecule has 6 aromatic heterocycles. The average Bonchev–Trinajstić information content (AvgIpc) is 1.54. The zero-order valence-electron chi connectivity index (χ0n) is 75.8. The Morgan fingerprint density at radius 1 is 0.180 bits per heavy atom. The molecular formula is C124H93B3N6. The van der Waals surface area contributed by atoms with E-state index in [9.17, 15) is 0 Å². The highest BCUT2D eigenvalue weighted by atomic mass is 15.1. The number of aryl methyl sites for hydroxylation is 2. The molecule has 0 fully saturated rings. The van der Waals surface area contributed by atoms with Gasteiger partial charge in [0, 0.05) is 81.7 Å². The Balaban J connectivity index is 0.000000105. The topological polar surface area (TPSA) is 29.6 Å². The number of hydrogen-bond donors (Lipinski definition) is 0. The summed E-state index contributed by atoms with van der Waals surface area (Å²) < 4.78 is 15.1. The maximum Gasteiger partial charge on any atom is 0.246 e. The molecule has 0 radical (unpaired) electrons. The normalized spacial score (nSPS) is 12.8. The van der Waals surface area contributed by atoms with Gasteiger partial charge in [-0.1, -0.05) is 385 Å². The number of aromatic nitrogens is 6. The van der Waals surface area contributed by atoms with Crippen molar-refractivity contribution in [3.05, 3.63) is 441 Å². The van der Waals surface area contributed by atoms with Crippen LogP contribution in [0.15, 0.2) is 419 Å². The Kier molecular flexibility index (Phi) is 17.6. The van der Waals surface area contributed by atoms with Crippen LogP contribution in [0.2, 0.25) is 0 Å². The van der Waals surface area contributed by atoms with Crippen molar-refractivity contribution >= 4 is 200 Å². The Bertz CT molecular complexity index is 9010. The second kappa shape index (κ2) is 29.9. The van der Waals surface area contributed by atoms with Crippen LogP contribution in [0.1, 0.15) is 63.8 Å². The zero-order chi connectivity index (χ0) is 89.0. The lowest BCUT2D eigenvalue weighted by Gasteiger charge is -2.27. The summed E-state index contributed by atoms with van der Waals surface area (Å²) in [6.45, 7) is 18.7. The lowest BCUT2D eigenvalue weighted by Crippen LogP contribution is -2.55. The minimum atomic E-state index is 0.0590. The van der Waals surface area contributed by atoms with Gasteiger partial charge in [-0.05, 0) is 183 Å². The molecule has 0 bridgehead atoms. The van der Waals surface area contributed by atoms with Crippen LogP contribution in [-0.2, 0) is 10.8 Å². The molecule has 628 valence electrons. The summed E-state index contributed by atoms with van der Waals surface area (Å²) in [4.78, 5) is 0. The summed E-state index contributed by atoms with van der Waals surface area (Å²) in [5, 5.41) is 15.5. The average molecular weight is 1700 g/mol. The third-order valence-corrected chi connectivity index (χ3v) is 29.4. The van der Waals surface area contributed by atoms with Crippen LogP contribution in [0, 0.1) is 13.8 Å². The molecule has 0 spiro atoms. The predicted octanol–water partition coefficient (Wildman–Crippen LogP) is 25.0. The van der Waals surface area contributed by atoms with Gasteiger partial charge >= 0.3 is 0 Å². The van der Waals surface area contributed by atoms with E-state index in [0.29, 0.717) is 0 Å². The van der Waals surface area contributed by atoms with Gasteiger partial charge in [-0.3, -0.25) is 0 Å². The summed E-state index contributed by atoms with van der Waals surface area (Å²) in [7, 11) is 0. The van der Waals surface area contributed by atoms with Crippen molar-refractivity contribution < 1.29 is 0 Å². The predicted molar refractivity (Wildman–Crippen MR) is 571 cm³/mol. The highest BCUT2D eigenvalue weighted by molar-refractivity contribution is 6.99. The third kappa shape index (κ3) is 11.9. The molecular weight excluding hydrogens is 1610 g/mol. The van der Waals surface area contributed by atoms with Gasteiger partial charge in [0.25, 0.3) is 0 Å². The summed E-state index contributed by atoms with van der Waals surface area (Å²) in [5.41, 5.74) is 42.5. The van der Waals surface area contributed by atoms with E-state index in [-0.39, 0.29) is 31.0 Å². The minimum Gasteiger partial charge on any atom is -0.310 e. The SMILES string of the molecule is CC(C)(C)c1ccc2c(c1)c1cc(C(C)(C)C)ccc1n2-c1ccc2c3c1c1ccccc1n3-c1ccccc1B2c1ccccc1.Cc1ccc(B2c3ccccc3-n3c4ccccc4c4c(-n5c6ccccc6c6ccc(-c7ccccc7)cc65)ccc2c43)cc1.Cc1ccc(B2c3ccccc3-n3c4ccccc4c4c(-n5c6ccccc6c6ccccc65)ccc2c43)cc1. The molecule has 0 amide bonds. The number of para-hydroxylation sites is 9. The molecule has 0 saturated heterocycles. The van der Waals surface area contributed by atoms with Gasteiger partial charge in [-0.25, -0.2) is 0 Å². The number of benzene rings is 19. The summed E-state index contributed by atoms with van der Waals surface area (Å²) in [6.07, 6.45) is 0. The smallest absolute Gasteiger partial charge is 0.246 e. The van der Waals surface area contributed by atoms with Gasteiger partial charge in [0.15, 0.2) is 0 Å². The fraction of sp³-hybridized carbons (Fsp3) is 0.0806. The quantitative estimate of drug-likeness (QED) is 0.142. The maximum absolute atomic E-state index is 2.54. The molecule has 133 heavy (non-hydrogen) atoms. The molecule has 0 aliphatic carbocycles. The summed E-state index contributed by atoms with van der Waals surface area (Å²) in [5.74, 6) is 0. The molecule has 9 heteroatoms. The summed E-state index contributed by atoms with van der Waals surface area (Å²) in [6, 6.07) is 156. The number of hydrogen-bond acceptors (Lipinski definition) is 0. The van der Waals surface area contributed by atoms with Gasteiger partial charge in [0.05, 0.1) is 83.3 Å². The zero-order valence-corrected chi connectivity index (χ0v) is 75.8. The van der Waals surface area contributed by atoms with Crippen molar-refractivity contribution in [3.8, 4) is 45.3 Å². The molecule has 6 nitrogen and oxygen atoms in total. The highest BCUT2D eigenvalue weighted by Crippen LogP contribution is 2.47. The van der Waals surface area contributed by atoms with Crippen molar-refractivity contribution in [3.63, 3.8) is 0 Å². The number of fused-ring (bicyclic) bond motifs is 24. The van der Waals surface area contributed by atoms with E-state index in [4.69, 9.17) is 0 Å². The van der Waals surface area contributed by atoms with Crippen molar-refractivity contribution in [2.24, 2.45) is 0 Å². The van der Waals surface area contributed by atoms with E-state index in [1.54, 1.807) is 0 Å². The molecule has 0 atom stereocenters. The first-order valence-corrected chi connectivity index (χ1v) is 47.0. The van der Waals surface area contributed by atoms with Crippen LogP contribution in [0.5, 0.6) is 0 Å². The van der Waals surface area contributed by atoms with E-state index in [1.165, 1.54) is 248 Å². The van der Waals surface area contributed by atoms with Crippen LogP contribution >= 0.6 is 0 Å². The van der Waals surface area contributed by atoms with E-state index < -0.39 is 0 Å². The molecule has 0 unspecified atom stereocenters. The van der Waals surface area contributed by atoms with E-state index in [2.05, 4.69) is 501 Å². The molecule has 19 aromatic carbocycles. The highest BCUT2D eigenvalue weighted by Gasteiger charge is 2.40. The van der Waals surface area contributed by atoms with Gasteiger partial charge in [-0.15, -0.1) is 0 Å². The van der Waals surface area contributed by atoms with E-state index in [0.717, 1.165) is 0 Å². The fourth-order valence-corrected chi connectivity index (χ4v) is 23.3. The van der Waals surface area contributed by atoms with Crippen molar-refractivity contribution in [2.75, 3.05) is 0 Å². The van der Waals surface area contributed by atoms with Gasteiger partial charge in [0.1, 0.15) is 0 Å². The minimum absolute atomic E-state index is 0.0590. The standard InChI is InChI=1S/C44H39BN2.C43H29BN2.C37H25BN2/c1-43(2,3)28-20-23-37-32(26-28)33-27-29(44(4,5)6)21-24-38(33)46(37)40-25-22-35-42-41(40)31-16-10-12-18-36(31)47(42)39-19-13-11-17-34(39)45(35)30-14-8-7-9-15-30;1-28-19-22-31(23-20-28)44-35-15-7-10-18-39(35)46-38-17-9-6-14-34(38)42-40(26-25-36(44)43(42)46)45-37-16-8-5-13-32(37)33-24-21-30(27-41(33)45)29-11-3-2-4-12-29;1-24-18-20-25(21-19-24)38-29-13-5-9-17-34(29)40-33-16-8-4-12-28(33)36-35(23-22-30(38)37(36)40)39-31-14-6-2-10-26(31)27-11-3-7-15-32(27)39/h7-27H,1-6H3;2-27H,1H3;2-23H,1H3. The van der Waals surface area contributed by atoms with Crippen LogP contribution in [0.3, 0.4) is 0 Å². The van der Waals surface area contributed by atoms with Crippen LogP contribution < -0.4 is 49.2 Å². The van der Waals surface area contributed by atoms with Crippen molar-refractivity contribution in [1.29, 1.82) is 0 Å². The second-order valence-corrected chi connectivity index (χ2v) is 39.1. The monoisotopic (exact) mass is 1700 g/mol. The molecule has 3 aliphatic rings. The number of nitrogens with zero attached hydrogens (tertiary/aromatic N) is 6. The van der Waals surface area contributed by atoms with Gasteiger partial charge in [0.2, 0.25) is 20.1 Å². The summed E-state index contributed by atoms with van der Waals surface area (Å²) >= 11 is 0. The molecule has 0 saturated carbocycles. The molecule has 28 rings (SSSR count). The fourth-order valence-electron chi connectivity index (χ4n) is 23.3. The molecule has 3 aliphatic heterocycles. The first-order chi connectivity index (χ1) is 65.2. The third-order valence-electron chi connectivity index (χ3n) is 29.4. The first-order valence-electron chi connectivity index (χ1n) is 47.0. The Morgan fingerprint density at radius 3 is 0.827 bits per heavy atom. The van der Waals surface area contributed by atoms with Crippen molar-refractivity contribution in [1.82, 2.24) is 27.4 Å². The van der Waals surface area contributed by atoms with Crippen LogP contribution in [0.25, 0.3) is 176 Å². The van der Waals surface area contributed by atoms with E-state index in [1.807, 2.05) is 0 Å². The lowest BCUT2D eigenvalue weighted by atomic mass is 9.35. The molecule has 25 aromatic rings. The van der Waals surface area contributed by atoms with E-state index >= 15 is 0 Å². The number of rotatable bonds is 7.